The summed E-state index contributed by atoms with van der Waals surface area (Å²) in [5.74, 6) is 0.455. The third kappa shape index (κ3) is 1.14. The lowest BCUT2D eigenvalue weighted by atomic mass is 10.1. The maximum atomic E-state index is 5.68. The lowest BCUT2D eigenvalue weighted by molar-refractivity contribution is 0.455. The van der Waals surface area contributed by atoms with Gasteiger partial charge in [0.2, 0.25) is 0 Å². The van der Waals surface area contributed by atoms with Crippen LogP contribution in [0.2, 0.25) is 0 Å². The Kier molecular flexibility index (Phi) is 1.74. The fourth-order valence-electron chi connectivity index (χ4n) is 0.840. The fourth-order valence-corrected chi connectivity index (χ4v) is 0.840. The van der Waals surface area contributed by atoms with Gasteiger partial charge in [-0.1, -0.05) is 0 Å². The zero-order valence-electron chi connectivity index (χ0n) is 6.68. The molecule has 0 aromatic carbocycles. The zero-order valence-corrected chi connectivity index (χ0v) is 6.68. The van der Waals surface area contributed by atoms with Gasteiger partial charge < -0.3 is 16.8 Å². The standard InChI is InChI=1S/C6H13N5/c1-6(9-2)4(7)5(8)10-3-11-6/h3,9H,7-8H2,1-2H3,(H,10,11). The Morgan fingerprint density at radius 1 is 1.64 bits per heavy atom. The molecule has 5 nitrogen and oxygen atoms in total. The van der Waals surface area contributed by atoms with Gasteiger partial charge in [0.15, 0.2) is 5.66 Å². The van der Waals surface area contributed by atoms with E-state index in [4.69, 9.17) is 11.5 Å². The maximum absolute atomic E-state index is 5.68. The largest absolute Gasteiger partial charge is 0.396 e. The van der Waals surface area contributed by atoms with E-state index >= 15 is 0 Å². The number of nitrogens with one attached hydrogen (secondary N) is 2. The van der Waals surface area contributed by atoms with Gasteiger partial charge in [-0.25, -0.2) is 4.99 Å². The Bertz CT molecular complexity index is 219. The van der Waals surface area contributed by atoms with Crippen LogP contribution in [-0.2, 0) is 0 Å². The number of nitrogens with two attached hydrogens (primary N) is 2. The van der Waals surface area contributed by atoms with Crippen molar-refractivity contribution in [3.63, 3.8) is 0 Å². The van der Waals surface area contributed by atoms with Crippen LogP contribution in [0.4, 0.5) is 0 Å². The van der Waals surface area contributed by atoms with Gasteiger partial charge >= 0.3 is 0 Å². The van der Waals surface area contributed by atoms with Gasteiger partial charge in [-0.05, 0) is 14.0 Å². The average molecular weight is 155 g/mol. The summed E-state index contributed by atoms with van der Waals surface area (Å²) in [6.45, 7) is 1.85. The number of hydrogen-bond acceptors (Lipinski definition) is 5. The van der Waals surface area contributed by atoms with Crippen molar-refractivity contribution in [3.05, 3.63) is 11.5 Å². The summed E-state index contributed by atoms with van der Waals surface area (Å²) in [7, 11) is 1.78. The van der Waals surface area contributed by atoms with Crippen molar-refractivity contribution < 1.29 is 0 Å². The van der Waals surface area contributed by atoms with Crippen LogP contribution in [0, 0.1) is 0 Å². The van der Waals surface area contributed by atoms with E-state index in [0.717, 1.165) is 0 Å². The number of aliphatic imine (C=N–C) groups is 1. The van der Waals surface area contributed by atoms with E-state index in [1.807, 2.05) is 6.92 Å². The van der Waals surface area contributed by atoms with Crippen molar-refractivity contribution in [1.29, 1.82) is 0 Å². The first-order valence-electron chi connectivity index (χ1n) is 3.35. The highest BCUT2D eigenvalue weighted by atomic mass is 15.2. The number of likely N-dealkylation sites (N-methyl/N-ethyl adjacent to an activating group) is 1. The van der Waals surface area contributed by atoms with Crippen molar-refractivity contribution >= 4 is 6.34 Å². The molecule has 0 amide bonds. The molecule has 0 aliphatic carbocycles. The molecule has 0 aromatic heterocycles. The number of hydrogen-bond donors (Lipinski definition) is 4. The topological polar surface area (TPSA) is 88.5 Å². The molecule has 0 radical (unpaired) electrons. The molecular formula is C6H13N5. The van der Waals surface area contributed by atoms with E-state index in [1.165, 1.54) is 6.34 Å². The molecule has 0 spiro atoms. The highest BCUT2D eigenvalue weighted by Crippen LogP contribution is 2.15. The van der Waals surface area contributed by atoms with E-state index in [1.54, 1.807) is 7.05 Å². The van der Waals surface area contributed by atoms with E-state index in [-0.39, 0.29) is 0 Å². The van der Waals surface area contributed by atoms with Gasteiger partial charge in [-0.2, -0.15) is 0 Å². The smallest absolute Gasteiger partial charge is 0.152 e. The summed E-state index contributed by atoms with van der Waals surface area (Å²) in [5.41, 5.74) is 11.2. The molecule has 0 fully saturated rings. The average Bonchev–Trinajstić information content (AvgIpc) is 2.00. The molecule has 1 heterocycles. The molecule has 1 aliphatic heterocycles. The quantitative estimate of drug-likeness (QED) is 0.376. The van der Waals surface area contributed by atoms with Crippen LogP contribution in [-0.4, -0.2) is 19.0 Å². The van der Waals surface area contributed by atoms with Gasteiger partial charge in [0.25, 0.3) is 0 Å². The lowest BCUT2D eigenvalue weighted by Crippen LogP contribution is -2.49. The van der Waals surface area contributed by atoms with E-state index in [0.29, 0.717) is 11.5 Å². The first-order chi connectivity index (χ1) is 5.10. The molecule has 0 saturated carbocycles. The summed E-state index contributed by atoms with van der Waals surface area (Å²) in [6, 6.07) is 0. The van der Waals surface area contributed by atoms with Crippen LogP contribution >= 0.6 is 0 Å². The molecule has 5 heteroatoms. The predicted octanol–water partition coefficient (Wildman–Crippen LogP) is -1.36. The van der Waals surface area contributed by atoms with Crippen LogP contribution in [0.3, 0.4) is 0 Å². The molecule has 62 valence electrons. The minimum absolute atomic E-state index is 0.455. The molecule has 1 aliphatic rings. The van der Waals surface area contributed by atoms with Crippen molar-refractivity contribution in [2.45, 2.75) is 12.6 Å². The molecule has 11 heavy (non-hydrogen) atoms. The Balaban J connectivity index is 2.97. The zero-order chi connectivity index (χ0) is 8.48. The SMILES string of the molecule is CNC1(C)N=CNC(N)=C1N. The second-order valence-corrected chi connectivity index (χ2v) is 2.55. The highest BCUT2D eigenvalue weighted by Gasteiger charge is 2.27. The predicted molar refractivity (Wildman–Crippen MR) is 44.5 cm³/mol. The van der Waals surface area contributed by atoms with Crippen molar-refractivity contribution in [3.8, 4) is 0 Å². The van der Waals surface area contributed by atoms with Crippen molar-refractivity contribution in [1.82, 2.24) is 10.6 Å². The molecule has 0 saturated heterocycles. The van der Waals surface area contributed by atoms with Gasteiger partial charge in [0.1, 0.15) is 5.82 Å². The summed E-state index contributed by atoms with van der Waals surface area (Å²) in [5, 5.41) is 5.68. The first kappa shape index (κ1) is 7.87. The maximum Gasteiger partial charge on any atom is 0.152 e. The highest BCUT2D eigenvalue weighted by molar-refractivity contribution is 5.61. The molecule has 1 unspecified atom stereocenters. The van der Waals surface area contributed by atoms with E-state index in [2.05, 4.69) is 15.6 Å². The Labute approximate surface area is 65.5 Å². The Hall–Kier alpha value is -1.23. The van der Waals surface area contributed by atoms with Gasteiger partial charge in [-0.15, -0.1) is 0 Å². The normalized spacial score (nSPS) is 30.4. The molecule has 6 N–H and O–H groups in total. The second kappa shape index (κ2) is 2.43. The minimum atomic E-state index is -0.560. The van der Waals surface area contributed by atoms with E-state index < -0.39 is 5.66 Å². The van der Waals surface area contributed by atoms with Crippen LogP contribution in [0.1, 0.15) is 6.92 Å². The first-order valence-corrected chi connectivity index (χ1v) is 3.35. The molecule has 0 aromatic rings. The summed E-state index contributed by atoms with van der Waals surface area (Å²) >= 11 is 0. The third-order valence-electron chi connectivity index (χ3n) is 1.84. The second-order valence-electron chi connectivity index (χ2n) is 2.55. The van der Waals surface area contributed by atoms with Crippen LogP contribution in [0.15, 0.2) is 16.5 Å². The minimum Gasteiger partial charge on any atom is -0.396 e. The number of rotatable bonds is 1. The fraction of sp³-hybridized carbons (Fsp3) is 0.500. The summed E-state index contributed by atoms with van der Waals surface area (Å²) in [4.78, 5) is 4.10. The van der Waals surface area contributed by atoms with Crippen molar-refractivity contribution in [2.75, 3.05) is 7.05 Å². The van der Waals surface area contributed by atoms with Crippen LogP contribution < -0.4 is 22.1 Å². The Morgan fingerprint density at radius 2 is 2.27 bits per heavy atom. The Morgan fingerprint density at radius 3 is 2.73 bits per heavy atom. The molecule has 0 bridgehead atoms. The lowest BCUT2D eigenvalue weighted by Gasteiger charge is -2.29. The molecule has 1 atom stereocenters. The molecule has 1 rings (SSSR count). The number of nitrogens with zero attached hydrogens (tertiary/aromatic N) is 1. The molecular weight excluding hydrogens is 142 g/mol. The van der Waals surface area contributed by atoms with Gasteiger partial charge in [0.05, 0.1) is 12.0 Å². The van der Waals surface area contributed by atoms with Gasteiger partial charge in [-0.3, -0.25) is 5.32 Å². The van der Waals surface area contributed by atoms with Crippen LogP contribution in [0.5, 0.6) is 0 Å². The van der Waals surface area contributed by atoms with Crippen LogP contribution in [0.25, 0.3) is 0 Å². The summed E-state index contributed by atoms with van der Waals surface area (Å²) in [6.07, 6.45) is 1.53. The third-order valence-corrected chi connectivity index (χ3v) is 1.84. The monoisotopic (exact) mass is 155 g/mol. The van der Waals surface area contributed by atoms with Crippen molar-refractivity contribution in [2.24, 2.45) is 16.5 Å². The van der Waals surface area contributed by atoms with Gasteiger partial charge in [0, 0.05) is 0 Å². The summed E-state index contributed by atoms with van der Waals surface area (Å²) < 4.78 is 0. The van der Waals surface area contributed by atoms with E-state index in [9.17, 15) is 0 Å².